The quantitative estimate of drug-likeness (QED) is 0.471. The molecule has 6 nitrogen and oxygen atoms in total. The van der Waals surface area contributed by atoms with Gasteiger partial charge in [0, 0.05) is 10.4 Å². The van der Waals surface area contributed by atoms with Crippen molar-refractivity contribution in [1.29, 1.82) is 0 Å². The van der Waals surface area contributed by atoms with Gasteiger partial charge >= 0.3 is 0 Å². The van der Waals surface area contributed by atoms with Gasteiger partial charge < -0.3 is 29.9 Å². The molecular weight excluding hydrogens is 456 g/mol. The lowest BCUT2D eigenvalue weighted by Gasteiger charge is -2.40. The number of halogens is 1. The van der Waals surface area contributed by atoms with Gasteiger partial charge in [0.15, 0.2) is 0 Å². The van der Waals surface area contributed by atoms with E-state index in [-0.39, 0.29) is 5.41 Å². The summed E-state index contributed by atoms with van der Waals surface area (Å²) in [7, 11) is 0. The Morgan fingerprint density at radius 3 is 2.35 bits per heavy atom. The Hall–Kier alpha value is -1.67. The maximum absolute atomic E-state index is 10.5. The molecule has 5 atom stereocenters. The minimum Gasteiger partial charge on any atom is -0.493 e. The highest BCUT2D eigenvalue weighted by Crippen LogP contribution is 2.37. The van der Waals surface area contributed by atoms with Crippen molar-refractivity contribution in [2.24, 2.45) is 5.41 Å². The fourth-order valence-corrected chi connectivity index (χ4v) is 5.20. The van der Waals surface area contributed by atoms with E-state index in [1.807, 2.05) is 30.3 Å². The second kappa shape index (κ2) is 10.9. The summed E-state index contributed by atoms with van der Waals surface area (Å²) in [5, 5.41) is 40.7. The van der Waals surface area contributed by atoms with Crippen LogP contribution in [0.25, 0.3) is 0 Å². The largest absolute Gasteiger partial charge is 0.493 e. The predicted octanol–water partition coefficient (Wildman–Crippen LogP) is 3.79. The van der Waals surface area contributed by atoms with Crippen LogP contribution in [0.2, 0.25) is 5.02 Å². The van der Waals surface area contributed by atoms with Crippen LogP contribution in [0.5, 0.6) is 5.75 Å². The van der Waals surface area contributed by atoms with E-state index in [0.29, 0.717) is 17.0 Å². The second-order valence-corrected chi connectivity index (χ2v) is 10.5. The third-order valence-electron chi connectivity index (χ3n) is 7.26. The van der Waals surface area contributed by atoms with Crippen molar-refractivity contribution in [2.45, 2.75) is 76.0 Å². The lowest BCUT2D eigenvalue weighted by atomic mass is 9.76. The van der Waals surface area contributed by atoms with Gasteiger partial charge in [-0.1, -0.05) is 62.1 Å². The van der Waals surface area contributed by atoms with Gasteiger partial charge in [-0.3, -0.25) is 0 Å². The minimum atomic E-state index is -1.42. The van der Waals surface area contributed by atoms with Crippen molar-refractivity contribution < 1.29 is 29.9 Å². The summed E-state index contributed by atoms with van der Waals surface area (Å²) in [4.78, 5) is 0. The Bertz CT molecular complexity index is 941. The van der Waals surface area contributed by atoms with Crippen LogP contribution in [0.3, 0.4) is 0 Å². The maximum Gasteiger partial charge on any atom is 0.119 e. The molecule has 186 valence electrons. The molecule has 0 spiro atoms. The fourth-order valence-electron chi connectivity index (χ4n) is 5.01. The number of aliphatic hydroxyl groups is 4. The van der Waals surface area contributed by atoms with Crippen molar-refractivity contribution in [3.05, 3.63) is 64.2 Å². The SMILES string of the molecule is CC1(COc2ccc(Cc3cc(C4OC(CO)C(O)C(O)C4O)ccc3Cl)cc2)CCCCC1. The minimum absolute atomic E-state index is 0.259. The van der Waals surface area contributed by atoms with E-state index in [4.69, 9.17) is 21.1 Å². The lowest BCUT2D eigenvalue weighted by molar-refractivity contribution is -0.231. The summed E-state index contributed by atoms with van der Waals surface area (Å²) in [5.74, 6) is 0.858. The van der Waals surface area contributed by atoms with Crippen LogP contribution in [0.1, 0.15) is 61.8 Å². The zero-order valence-electron chi connectivity index (χ0n) is 19.6. The van der Waals surface area contributed by atoms with Gasteiger partial charge in [-0.05, 0) is 54.2 Å². The third-order valence-corrected chi connectivity index (χ3v) is 7.63. The van der Waals surface area contributed by atoms with Gasteiger partial charge in [0.25, 0.3) is 0 Å². The molecule has 1 saturated carbocycles. The van der Waals surface area contributed by atoms with E-state index >= 15 is 0 Å². The molecule has 2 aliphatic rings. The summed E-state index contributed by atoms with van der Waals surface area (Å²) in [6, 6.07) is 13.3. The van der Waals surface area contributed by atoms with Crippen molar-refractivity contribution in [2.75, 3.05) is 13.2 Å². The van der Waals surface area contributed by atoms with Crippen molar-refractivity contribution in [3.8, 4) is 5.75 Å². The Kier molecular flexibility index (Phi) is 8.18. The molecule has 2 aromatic rings. The second-order valence-electron chi connectivity index (χ2n) is 10.1. The molecule has 1 aliphatic heterocycles. The van der Waals surface area contributed by atoms with Crippen LogP contribution < -0.4 is 4.74 Å². The van der Waals surface area contributed by atoms with Crippen LogP contribution >= 0.6 is 11.6 Å². The molecular formula is C27H35ClO6. The average molecular weight is 491 g/mol. The molecule has 0 aromatic heterocycles. The smallest absolute Gasteiger partial charge is 0.119 e. The van der Waals surface area contributed by atoms with E-state index in [1.54, 1.807) is 12.1 Å². The molecule has 0 amide bonds. The normalized spacial score (nSPS) is 29.1. The van der Waals surface area contributed by atoms with Gasteiger partial charge in [0.1, 0.15) is 36.3 Å². The molecule has 1 aliphatic carbocycles. The number of hydrogen-bond donors (Lipinski definition) is 4. The first-order valence-electron chi connectivity index (χ1n) is 12.1. The Labute approximate surface area is 206 Å². The van der Waals surface area contributed by atoms with E-state index in [2.05, 4.69) is 6.92 Å². The van der Waals surface area contributed by atoms with Crippen LogP contribution in [0.15, 0.2) is 42.5 Å². The standard InChI is InChI=1S/C27H35ClO6/c1-27(11-3-2-4-12-27)16-33-20-8-5-17(6-9-20)13-19-14-18(7-10-21(19)28)26-25(32)24(31)23(30)22(15-29)34-26/h5-10,14,22-26,29-32H,2-4,11-13,15-16H2,1H3. The van der Waals surface area contributed by atoms with E-state index < -0.39 is 37.1 Å². The van der Waals surface area contributed by atoms with Crippen molar-refractivity contribution in [1.82, 2.24) is 0 Å². The molecule has 0 radical (unpaired) electrons. The summed E-state index contributed by atoms with van der Waals surface area (Å²) >= 11 is 6.45. The van der Waals surface area contributed by atoms with E-state index in [0.717, 1.165) is 23.5 Å². The predicted molar refractivity (Wildman–Crippen MR) is 130 cm³/mol. The number of benzene rings is 2. The Balaban J connectivity index is 1.43. The zero-order valence-corrected chi connectivity index (χ0v) is 20.3. The molecule has 0 bridgehead atoms. The molecule has 1 heterocycles. The lowest BCUT2D eigenvalue weighted by Crippen LogP contribution is -2.55. The van der Waals surface area contributed by atoms with E-state index in [9.17, 15) is 20.4 Å². The number of hydrogen-bond acceptors (Lipinski definition) is 6. The summed E-state index contributed by atoms with van der Waals surface area (Å²) in [6.45, 7) is 2.58. The molecule has 34 heavy (non-hydrogen) atoms. The average Bonchev–Trinajstić information content (AvgIpc) is 2.84. The highest BCUT2D eigenvalue weighted by molar-refractivity contribution is 6.31. The van der Waals surface area contributed by atoms with E-state index in [1.165, 1.54) is 32.1 Å². The molecule has 2 aromatic carbocycles. The Morgan fingerprint density at radius 1 is 0.971 bits per heavy atom. The first kappa shape index (κ1) is 25.4. The van der Waals surface area contributed by atoms with Gasteiger partial charge in [-0.15, -0.1) is 0 Å². The molecule has 5 unspecified atom stereocenters. The Morgan fingerprint density at radius 2 is 1.68 bits per heavy atom. The zero-order chi connectivity index (χ0) is 24.3. The number of rotatable bonds is 7. The molecule has 4 N–H and O–H groups in total. The number of ether oxygens (including phenoxy) is 2. The molecule has 1 saturated heterocycles. The van der Waals surface area contributed by atoms with Crippen LogP contribution in [0, 0.1) is 5.41 Å². The monoisotopic (exact) mass is 490 g/mol. The summed E-state index contributed by atoms with van der Waals surface area (Å²) in [5.41, 5.74) is 2.79. The van der Waals surface area contributed by atoms with Crippen LogP contribution in [0.4, 0.5) is 0 Å². The van der Waals surface area contributed by atoms with Gasteiger partial charge in [-0.25, -0.2) is 0 Å². The third kappa shape index (κ3) is 5.76. The van der Waals surface area contributed by atoms with Gasteiger partial charge in [0.2, 0.25) is 0 Å². The molecule has 2 fully saturated rings. The van der Waals surface area contributed by atoms with Crippen molar-refractivity contribution >= 4 is 11.6 Å². The highest BCUT2D eigenvalue weighted by Gasteiger charge is 2.44. The first-order chi connectivity index (χ1) is 16.3. The highest BCUT2D eigenvalue weighted by atomic mass is 35.5. The maximum atomic E-state index is 10.5. The van der Waals surface area contributed by atoms with Crippen LogP contribution in [-0.2, 0) is 11.2 Å². The molecule has 4 rings (SSSR count). The van der Waals surface area contributed by atoms with Crippen LogP contribution in [-0.4, -0.2) is 58.1 Å². The fraction of sp³-hybridized carbons (Fsp3) is 0.556. The molecule has 7 heteroatoms. The summed E-state index contributed by atoms with van der Waals surface area (Å²) in [6.07, 6.45) is 0.922. The van der Waals surface area contributed by atoms with Gasteiger partial charge in [-0.2, -0.15) is 0 Å². The number of aliphatic hydroxyl groups excluding tert-OH is 4. The topological polar surface area (TPSA) is 99.4 Å². The van der Waals surface area contributed by atoms with Gasteiger partial charge in [0.05, 0.1) is 13.2 Å². The van der Waals surface area contributed by atoms with Crippen molar-refractivity contribution in [3.63, 3.8) is 0 Å². The first-order valence-corrected chi connectivity index (χ1v) is 12.5. The summed E-state index contributed by atoms with van der Waals surface area (Å²) < 4.78 is 11.8.